The highest BCUT2D eigenvalue weighted by molar-refractivity contribution is 5.77. The van der Waals surface area contributed by atoms with Gasteiger partial charge in [0.05, 0.1) is 6.04 Å². The average Bonchev–Trinajstić information content (AvgIpc) is 3.23. The van der Waals surface area contributed by atoms with Crippen molar-refractivity contribution in [3.63, 3.8) is 0 Å². The predicted octanol–water partition coefficient (Wildman–Crippen LogP) is 2.57. The third-order valence-corrected chi connectivity index (χ3v) is 4.48. The predicted molar refractivity (Wildman–Crippen MR) is 75.8 cm³/mol. The van der Waals surface area contributed by atoms with Crippen LogP contribution < -0.4 is 5.73 Å². The van der Waals surface area contributed by atoms with Gasteiger partial charge in [-0.1, -0.05) is 24.3 Å². The van der Waals surface area contributed by atoms with Crippen molar-refractivity contribution in [2.75, 3.05) is 7.05 Å². The summed E-state index contributed by atoms with van der Waals surface area (Å²) < 4.78 is 0. The van der Waals surface area contributed by atoms with Crippen molar-refractivity contribution in [1.82, 2.24) is 4.90 Å². The Balaban J connectivity index is 2.00. The Morgan fingerprint density at radius 2 is 1.84 bits per heavy atom. The van der Waals surface area contributed by atoms with Crippen LogP contribution in [0.1, 0.15) is 55.2 Å². The number of benzene rings is 1. The second-order valence-corrected chi connectivity index (χ2v) is 5.91. The number of hydrogen-bond acceptors (Lipinski definition) is 2. The number of amides is 1. The lowest BCUT2D eigenvalue weighted by Gasteiger charge is -2.32. The molecule has 0 bridgehead atoms. The summed E-state index contributed by atoms with van der Waals surface area (Å²) in [4.78, 5) is 14.0. The average molecular weight is 258 g/mol. The van der Waals surface area contributed by atoms with Gasteiger partial charge in [-0.2, -0.15) is 0 Å². The number of carbonyl (C=O) groups is 1. The van der Waals surface area contributed by atoms with E-state index < -0.39 is 0 Å². The number of likely N-dealkylation sites (N-methyl/N-ethyl adjacent to an activating group) is 1. The summed E-state index contributed by atoms with van der Waals surface area (Å²) >= 11 is 0. The molecule has 2 atom stereocenters. The lowest BCUT2D eigenvalue weighted by molar-refractivity contribution is -0.131. The van der Waals surface area contributed by atoms with Crippen molar-refractivity contribution in [2.45, 2.75) is 50.1 Å². The first-order chi connectivity index (χ1) is 9.18. The molecule has 2 N–H and O–H groups in total. The molecule has 19 heavy (non-hydrogen) atoms. The van der Waals surface area contributed by atoms with Gasteiger partial charge in [0.25, 0.3) is 0 Å². The zero-order valence-electron chi connectivity index (χ0n) is 11.5. The molecule has 1 amide bonds. The van der Waals surface area contributed by atoms with Gasteiger partial charge < -0.3 is 10.6 Å². The minimum absolute atomic E-state index is 0.0480. The van der Waals surface area contributed by atoms with Gasteiger partial charge in [0, 0.05) is 19.5 Å². The molecule has 0 aromatic heterocycles. The Morgan fingerprint density at radius 3 is 2.53 bits per heavy atom. The van der Waals surface area contributed by atoms with E-state index in [9.17, 15) is 4.79 Å². The first kappa shape index (κ1) is 12.7. The molecule has 3 rings (SSSR count). The van der Waals surface area contributed by atoms with Crippen LogP contribution in [0.4, 0.5) is 0 Å². The highest BCUT2D eigenvalue weighted by atomic mass is 16.2. The van der Waals surface area contributed by atoms with Gasteiger partial charge in [0.2, 0.25) is 5.91 Å². The summed E-state index contributed by atoms with van der Waals surface area (Å²) in [5, 5.41) is 0. The van der Waals surface area contributed by atoms with Crippen molar-refractivity contribution < 1.29 is 4.79 Å². The number of carbonyl (C=O) groups excluding carboxylic acids is 1. The lowest BCUT2D eigenvalue weighted by Crippen LogP contribution is -2.40. The number of nitrogens with zero attached hydrogens (tertiary/aromatic N) is 1. The molecule has 3 nitrogen and oxygen atoms in total. The van der Waals surface area contributed by atoms with Crippen LogP contribution in [0.2, 0.25) is 0 Å². The fraction of sp³-hybridized carbons (Fsp3) is 0.562. The minimum atomic E-state index is 0.0480. The number of likely N-dealkylation sites (tertiary alicyclic amines) is 1. The fourth-order valence-corrected chi connectivity index (χ4v) is 3.25. The Kier molecular flexibility index (Phi) is 3.31. The molecular weight excluding hydrogens is 236 g/mol. The van der Waals surface area contributed by atoms with E-state index in [4.69, 9.17) is 5.73 Å². The molecule has 0 spiro atoms. The summed E-state index contributed by atoms with van der Waals surface area (Å²) in [5.41, 5.74) is 9.04. The molecule has 3 heteroatoms. The maximum absolute atomic E-state index is 12.1. The molecule has 1 saturated heterocycles. The Morgan fingerprint density at radius 1 is 1.16 bits per heavy atom. The molecule has 2 aliphatic rings. The van der Waals surface area contributed by atoms with E-state index in [2.05, 4.69) is 24.3 Å². The molecular formula is C16H22N2O. The lowest BCUT2D eigenvalue weighted by atomic mass is 9.91. The van der Waals surface area contributed by atoms with Crippen LogP contribution in [0, 0.1) is 0 Å². The van der Waals surface area contributed by atoms with Crippen LogP contribution in [-0.2, 0) is 4.79 Å². The Labute approximate surface area is 114 Å². The van der Waals surface area contributed by atoms with Crippen molar-refractivity contribution in [3.8, 4) is 0 Å². The molecule has 0 radical (unpaired) electrons. The van der Waals surface area contributed by atoms with Crippen molar-refractivity contribution >= 4 is 5.91 Å². The zero-order valence-corrected chi connectivity index (χ0v) is 11.5. The zero-order chi connectivity index (χ0) is 13.4. The first-order valence-electron chi connectivity index (χ1n) is 7.28. The van der Waals surface area contributed by atoms with E-state index in [1.165, 1.54) is 24.0 Å². The first-order valence-corrected chi connectivity index (χ1v) is 7.28. The van der Waals surface area contributed by atoms with Crippen LogP contribution >= 0.6 is 0 Å². The van der Waals surface area contributed by atoms with Crippen molar-refractivity contribution in [3.05, 3.63) is 35.4 Å². The van der Waals surface area contributed by atoms with E-state index in [1.54, 1.807) is 0 Å². The molecule has 1 aromatic carbocycles. The summed E-state index contributed by atoms with van der Waals surface area (Å²) in [6.45, 7) is 0. The molecule has 1 aliphatic heterocycles. The molecule has 1 aromatic rings. The maximum atomic E-state index is 12.1. The van der Waals surface area contributed by atoms with E-state index in [-0.39, 0.29) is 18.0 Å². The van der Waals surface area contributed by atoms with Gasteiger partial charge in [-0.05, 0) is 42.7 Å². The third-order valence-electron chi connectivity index (χ3n) is 4.48. The normalized spacial score (nSPS) is 28.3. The van der Waals surface area contributed by atoms with Gasteiger partial charge in [-0.3, -0.25) is 4.79 Å². The highest BCUT2D eigenvalue weighted by Gasteiger charge is 2.34. The Bertz CT molecular complexity index is 481. The van der Waals surface area contributed by atoms with Crippen LogP contribution in [-0.4, -0.2) is 23.9 Å². The molecule has 102 valence electrons. The van der Waals surface area contributed by atoms with Crippen LogP contribution in [0.3, 0.4) is 0 Å². The second kappa shape index (κ2) is 4.97. The summed E-state index contributed by atoms with van der Waals surface area (Å²) in [7, 11) is 1.90. The molecule has 1 saturated carbocycles. The van der Waals surface area contributed by atoms with Crippen molar-refractivity contribution in [1.29, 1.82) is 0 Å². The summed E-state index contributed by atoms with van der Waals surface area (Å²) in [6, 6.07) is 8.64. The number of nitrogens with two attached hydrogens (primary N) is 1. The number of rotatable bonds is 2. The summed E-state index contributed by atoms with van der Waals surface area (Å²) in [5.74, 6) is 0.915. The maximum Gasteiger partial charge on any atom is 0.222 e. The van der Waals surface area contributed by atoms with Crippen LogP contribution in [0.15, 0.2) is 24.3 Å². The molecule has 2 unspecified atom stereocenters. The third kappa shape index (κ3) is 2.39. The quantitative estimate of drug-likeness (QED) is 0.886. The van der Waals surface area contributed by atoms with E-state index in [0.29, 0.717) is 12.3 Å². The van der Waals surface area contributed by atoms with E-state index in [1.807, 2.05) is 11.9 Å². The monoisotopic (exact) mass is 258 g/mol. The summed E-state index contributed by atoms with van der Waals surface area (Å²) in [6.07, 6.45) is 5.02. The van der Waals surface area contributed by atoms with Crippen LogP contribution in [0.5, 0.6) is 0 Å². The van der Waals surface area contributed by atoms with Crippen LogP contribution in [0.25, 0.3) is 0 Å². The fourth-order valence-electron chi connectivity index (χ4n) is 3.25. The SMILES string of the molecule is CN1C(=O)CCCC(N)C1c1ccccc1C1CC1. The van der Waals surface area contributed by atoms with Gasteiger partial charge >= 0.3 is 0 Å². The second-order valence-electron chi connectivity index (χ2n) is 5.91. The van der Waals surface area contributed by atoms with Gasteiger partial charge in [-0.25, -0.2) is 0 Å². The largest absolute Gasteiger partial charge is 0.337 e. The molecule has 1 aliphatic carbocycles. The molecule has 1 heterocycles. The number of hydrogen-bond donors (Lipinski definition) is 1. The van der Waals surface area contributed by atoms with Crippen molar-refractivity contribution in [2.24, 2.45) is 5.73 Å². The van der Waals surface area contributed by atoms with E-state index >= 15 is 0 Å². The standard InChI is InChI=1S/C16H22N2O/c1-18-15(19)8-4-7-14(17)16(18)13-6-3-2-5-12(13)11-9-10-11/h2-3,5-6,11,14,16H,4,7-10,17H2,1H3. The minimum Gasteiger partial charge on any atom is -0.337 e. The van der Waals surface area contributed by atoms with Gasteiger partial charge in [0.15, 0.2) is 0 Å². The highest BCUT2D eigenvalue weighted by Crippen LogP contribution is 2.44. The van der Waals surface area contributed by atoms with Gasteiger partial charge in [-0.15, -0.1) is 0 Å². The van der Waals surface area contributed by atoms with E-state index in [0.717, 1.165) is 12.8 Å². The molecule has 2 fully saturated rings. The van der Waals surface area contributed by atoms with Gasteiger partial charge in [0.1, 0.15) is 0 Å². The smallest absolute Gasteiger partial charge is 0.222 e. The topological polar surface area (TPSA) is 46.3 Å². The Hall–Kier alpha value is -1.35.